The molecule has 2 aromatic rings. The average molecular weight is 431 g/mol. The second kappa shape index (κ2) is 7.17. The predicted octanol–water partition coefficient (Wildman–Crippen LogP) is 0.979. The van der Waals surface area contributed by atoms with Gasteiger partial charge in [0, 0.05) is 11.4 Å². The average Bonchev–Trinajstić information content (AvgIpc) is 3.08. The molecule has 2 amide bonds. The van der Waals surface area contributed by atoms with Gasteiger partial charge < -0.3 is 16.6 Å². The highest BCUT2D eigenvalue weighted by Crippen LogP contribution is 2.44. The number of carboxylic acids is 1. The van der Waals surface area contributed by atoms with Gasteiger partial charge in [-0.05, 0) is 23.8 Å². The lowest BCUT2D eigenvalue weighted by molar-refractivity contribution is -0.149. The van der Waals surface area contributed by atoms with Crippen molar-refractivity contribution >= 4 is 61.9 Å². The van der Waals surface area contributed by atoms with Gasteiger partial charge in [0.15, 0.2) is 5.13 Å². The van der Waals surface area contributed by atoms with E-state index < -0.39 is 29.2 Å². The number of thiazole rings is 1. The molecule has 9 nitrogen and oxygen atoms in total. The number of allylic oxidation sites excluding steroid dienone is 1. The molecule has 0 radical (unpaired) electrons. The Morgan fingerprint density at radius 2 is 2.21 bits per heavy atom. The first kappa shape index (κ1) is 19.4. The van der Waals surface area contributed by atoms with E-state index in [0.29, 0.717) is 27.7 Å². The molecule has 0 spiro atoms. The van der Waals surface area contributed by atoms with Crippen molar-refractivity contribution in [2.24, 2.45) is 5.73 Å². The summed E-state index contributed by atoms with van der Waals surface area (Å²) in [7, 11) is 0. The summed E-state index contributed by atoms with van der Waals surface area (Å²) in [5.41, 5.74) is 12.9. The Morgan fingerprint density at radius 1 is 1.45 bits per heavy atom. The monoisotopic (exact) mass is 431 g/mol. The van der Waals surface area contributed by atoms with E-state index in [1.165, 1.54) is 39.0 Å². The van der Waals surface area contributed by atoms with Crippen LogP contribution in [0.1, 0.15) is 0 Å². The minimum absolute atomic E-state index is 0.0872. The predicted molar refractivity (Wildman–Crippen MR) is 112 cm³/mol. The van der Waals surface area contributed by atoms with Crippen LogP contribution in [-0.4, -0.2) is 56.5 Å². The second-order valence-corrected chi connectivity index (χ2v) is 8.58. The first-order chi connectivity index (χ1) is 13.9. The van der Waals surface area contributed by atoms with E-state index in [9.17, 15) is 19.5 Å². The van der Waals surface area contributed by atoms with Gasteiger partial charge in [-0.1, -0.05) is 24.0 Å². The highest BCUT2D eigenvalue weighted by atomic mass is 32.2. The number of thioether (sulfide) groups is 1. The SMILES string of the molecule is C=CC1=C(C(=O)O)N2C(=O)C(N(C(=O)CN)c3ccc4nc(N)sc4c3)C2SC1. The fourth-order valence-corrected chi connectivity index (χ4v) is 5.67. The number of hydrogen-bond acceptors (Lipinski definition) is 8. The molecule has 0 aliphatic carbocycles. The van der Waals surface area contributed by atoms with Crippen LogP contribution >= 0.6 is 23.1 Å². The van der Waals surface area contributed by atoms with Gasteiger partial charge in [-0.2, -0.15) is 0 Å². The van der Waals surface area contributed by atoms with Crippen molar-refractivity contribution in [2.75, 3.05) is 22.9 Å². The van der Waals surface area contributed by atoms with Crippen LogP contribution in [0.25, 0.3) is 10.2 Å². The molecule has 1 saturated heterocycles. The zero-order valence-electron chi connectivity index (χ0n) is 15.1. The lowest BCUT2D eigenvalue weighted by atomic mass is 10.00. The summed E-state index contributed by atoms with van der Waals surface area (Å²) in [4.78, 5) is 44.2. The summed E-state index contributed by atoms with van der Waals surface area (Å²) in [6.07, 6.45) is 1.44. The first-order valence-electron chi connectivity index (χ1n) is 8.59. The molecule has 0 bridgehead atoms. The van der Waals surface area contributed by atoms with Crippen molar-refractivity contribution in [1.82, 2.24) is 9.88 Å². The zero-order chi connectivity index (χ0) is 20.9. The third-order valence-corrected chi connectivity index (χ3v) is 6.94. The highest BCUT2D eigenvalue weighted by Gasteiger charge is 2.57. The third-order valence-electron chi connectivity index (χ3n) is 4.81. The lowest BCUT2D eigenvalue weighted by Gasteiger charge is -2.52. The number of benzene rings is 1. The summed E-state index contributed by atoms with van der Waals surface area (Å²) in [6.45, 7) is 3.34. The summed E-state index contributed by atoms with van der Waals surface area (Å²) < 4.78 is 0.773. The van der Waals surface area contributed by atoms with Crippen LogP contribution < -0.4 is 16.4 Å². The maximum atomic E-state index is 13.0. The van der Waals surface area contributed by atoms with Gasteiger partial charge in [-0.3, -0.25) is 19.4 Å². The van der Waals surface area contributed by atoms with E-state index in [0.717, 1.165) is 4.70 Å². The molecule has 2 atom stereocenters. The minimum atomic E-state index is -1.20. The molecule has 1 aromatic heterocycles. The van der Waals surface area contributed by atoms with Gasteiger partial charge in [-0.15, -0.1) is 11.8 Å². The van der Waals surface area contributed by atoms with Crippen molar-refractivity contribution in [3.63, 3.8) is 0 Å². The van der Waals surface area contributed by atoms with Gasteiger partial charge in [0.2, 0.25) is 5.91 Å². The van der Waals surface area contributed by atoms with Crippen molar-refractivity contribution in [3.8, 4) is 0 Å². The number of carbonyl (C=O) groups is 3. The van der Waals surface area contributed by atoms with Crippen molar-refractivity contribution in [3.05, 3.63) is 42.1 Å². The van der Waals surface area contributed by atoms with Crippen LogP contribution in [0.15, 0.2) is 42.1 Å². The molecular formula is C18H17N5O4S2. The quantitative estimate of drug-likeness (QED) is 0.595. The molecule has 3 heterocycles. The molecular weight excluding hydrogens is 414 g/mol. The summed E-state index contributed by atoms with van der Waals surface area (Å²) in [5.74, 6) is -1.72. The number of fused-ring (bicyclic) bond motifs is 2. The van der Waals surface area contributed by atoms with E-state index in [4.69, 9.17) is 11.5 Å². The molecule has 2 unspecified atom stereocenters. The molecule has 2 aliphatic heterocycles. The van der Waals surface area contributed by atoms with Crippen LogP contribution in [0, 0.1) is 0 Å². The molecule has 2 aliphatic rings. The maximum Gasteiger partial charge on any atom is 0.352 e. The van der Waals surface area contributed by atoms with Crippen molar-refractivity contribution in [1.29, 1.82) is 0 Å². The number of anilines is 2. The maximum absolute atomic E-state index is 13.0. The molecule has 29 heavy (non-hydrogen) atoms. The Hall–Kier alpha value is -2.89. The molecule has 150 valence electrons. The Kier molecular flexibility index (Phi) is 4.81. The van der Waals surface area contributed by atoms with E-state index in [1.807, 2.05) is 0 Å². The number of nitrogens with two attached hydrogens (primary N) is 2. The molecule has 0 saturated carbocycles. The van der Waals surface area contributed by atoms with Crippen LogP contribution in [0.2, 0.25) is 0 Å². The number of β-lactam (4-membered cyclic amide) rings is 1. The number of hydrogen-bond donors (Lipinski definition) is 3. The first-order valence-corrected chi connectivity index (χ1v) is 10.5. The summed E-state index contributed by atoms with van der Waals surface area (Å²) in [6, 6.07) is 4.30. The van der Waals surface area contributed by atoms with Gasteiger partial charge in [-0.25, -0.2) is 9.78 Å². The Bertz CT molecular complexity index is 1100. The zero-order valence-corrected chi connectivity index (χ0v) is 16.7. The number of carboxylic acid groups (broad SMARTS) is 1. The van der Waals surface area contributed by atoms with Gasteiger partial charge in [0.25, 0.3) is 5.91 Å². The number of nitrogens with zero attached hydrogens (tertiary/aromatic N) is 3. The number of carbonyl (C=O) groups excluding carboxylic acids is 2. The third kappa shape index (κ3) is 2.98. The van der Waals surface area contributed by atoms with Crippen LogP contribution in [0.5, 0.6) is 0 Å². The normalized spacial score (nSPS) is 21.0. The summed E-state index contributed by atoms with van der Waals surface area (Å²) >= 11 is 2.66. The molecule has 1 aromatic carbocycles. The fraction of sp³-hybridized carbons (Fsp3) is 0.222. The highest BCUT2D eigenvalue weighted by molar-refractivity contribution is 8.00. The largest absolute Gasteiger partial charge is 0.477 e. The van der Waals surface area contributed by atoms with Gasteiger partial charge in [0.05, 0.1) is 16.8 Å². The Labute approximate surface area is 173 Å². The van der Waals surface area contributed by atoms with Crippen molar-refractivity contribution < 1.29 is 19.5 Å². The number of aliphatic carboxylic acids is 1. The lowest BCUT2D eigenvalue weighted by Crippen LogP contribution is -2.72. The summed E-state index contributed by atoms with van der Waals surface area (Å²) in [5, 5.41) is 9.45. The van der Waals surface area contributed by atoms with Gasteiger partial charge >= 0.3 is 5.97 Å². The molecule has 5 N–H and O–H groups in total. The number of rotatable bonds is 5. The molecule has 11 heteroatoms. The van der Waals surface area contributed by atoms with Crippen LogP contribution in [0.3, 0.4) is 0 Å². The molecule has 4 rings (SSSR count). The molecule has 1 fully saturated rings. The van der Waals surface area contributed by atoms with Gasteiger partial charge in [0.1, 0.15) is 17.1 Å². The van der Waals surface area contributed by atoms with E-state index in [-0.39, 0.29) is 12.2 Å². The van der Waals surface area contributed by atoms with Crippen molar-refractivity contribution in [2.45, 2.75) is 11.4 Å². The Balaban J connectivity index is 1.75. The van der Waals surface area contributed by atoms with E-state index in [1.54, 1.807) is 18.2 Å². The van der Waals surface area contributed by atoms with Crippen LogP contribution in [-0.2, 0) is 14.4 Å². The number of aromatic nitrogens is 1. The smallest absolute Gasteiger partial charge is 0.352 e. The fourth-order valence-electron chi connectivity index (χ4n) is 3.52. The number of amides is 2. The van der Waals surface area contributed by atoms with E-state index >= 15 is 0 Å². The number of nitrogen functional groups attached to an aromatic ring is 1. The second-order valence-electron chi connectivity index (χ2n) is 6.41. The topological polar surface area (TPSA) is 143 Å². The minimum Gasteiger partial charge on any atom is -0.477 e. The Morgan fingerprint density at radius 3 is 2.86 bits per heavy atom. The van der Waals surface area contributed by atoms with E-state index in [2.05, 4.69) is 11.6 Å². The van der Waals surface area contributed by atoms with Crippen LogP contribution in [0.4, 0.5) is 10.8 Å². The standard InChI is InChI=1S/C18H17N5O4S2/c1-2-8-7-28-16-14(15(25)23(16)13(8)17(26)27)22(12(24)6-19)9-3-4-10-11(5-9)29-18(20)21-10/h2-5,14,16H,1,6-7,19H2,(H2,20,21)(H,26,27).